The molecule has 7 nitrogen and oxygen atoms in total. The second-order valence-electron chi connectivity index (χ2n) is 5.03. The molecule has 5 N–H and O–H groups in total. The fraction of sp³-hybridized carbons (Fsp3) is 0.357. The average Bonchev–Trinajstić information content (AvgIpc) is 3.20. The number of carboxylic acids is 2. The summed E-state index contributed by atoms with van der Waals surface area (Å²) in [6.45, 7) is 0.261. The zero-order chi connectivity index (χ0) is 15.6. The smallest absolute Gasteiger partial charge is 0.320 e. The average molecular weight is 292 g/mol. The lowest BCUT2D eigenvalue weighted by molar-refractivity contribution is -0.141. The van der Waals surface area contributed by atoms with E-state index in [0.717, 1.165) is 5.56 Å². The monoisotopic (exact) mass is 292 g/mol. The standard InChI is InChI=1S/C14H16N2O5/c15-11(14(20)21)8-9(10(8)13(18)19)12(17)16-6-7-4-2-1-3-5-7/h1-5,8-11H,6,15H2,(H,16,17)(H,18,19)(H,20,21). The number of aliphatic carboxylic acids is 2. The van der Waals surface area contributed by atoms with Crippen LogP contribution in [0.4, 0.5) is 0 Å². The van der Waals surface area contributed by atoms with E-state index in [1.807, 2.05) is 30.3 Å². The Morgan fingerprint density at radius 3 is 2.29 bits per heavy atom. The van der Waals surface area contributed by atoms with Gasteiger partial charge in [0.05, 0.1) is 11.8 Å². The van der Waals surface area contributed by atoms with E-state index in [1.54, 1.807) is 0 Å². The van der Waals surface area contributed by atoms with Gasteiger partial charge in [0.2, 0.25) is 5.91 Å². The van der Waals surface area contributed by atoms with Gasteiger partial charge in [0.1, 0.15) is 6.04 Å². The van der Waals surface area contributed by atoms with Crippen LogP contribution in [0.25, 0.3) is 0 Å². The minimum absolute atomic E-state index is 0.261. The van der Waals surface area contributed by atoms with Crippen molar-refractivity contribution < 1.29 is 24.6 Å². The van der Waals surface area contributed by atoms with Crippen LogP contribution in [0.3, 0.4) is 0 Å². The van der Waals surface area contributed by atoms with Gasteiger partial charge >= 0.3 is 11.9 Å². The summed E-state index contributed by atoms with van der Waals surface area (Å²) in [4.78, 5) is 33.9. The molecule has 1 saturated carbocycles. The topological polar surface area (TPSA) is 130 Å². The van der Waals surface area contributed by atoms with Gasteiger partial charge in [0, 0.05) is 12.5 Å². The second-order valence-corrected chi connectivity index (χ2v) is 5.03. The Hall–Kier alpha value is -2.41. The Morgan fingerprint density at radius 1 is 1.14 bits per heavy atom. The maximum Gasteiger partial charge on any atom is 0.320 e. The molecule has 0 heterocycles. The van der Waals surface area contributed by atoms with Crippen LogP contribution in [0.1, 0.15) is 5.56 Å². The maximum absolute atomic E-state index is 12.0. The molecule has 4 atom stereocenters. The van der Waals surface area contributed by atoms with E-state index >= 15 is 0 Å². The van der Waals surface area contributed by atoms with Crippen molar-refractivity contribution in [2.45, 2.75) is 12.6 Å². The van der Waals surface area contributed by atoms with Gasteiger partial charge < -0.3 is 21.3 Å². The van der Waals surface area contributed by atoms with Crippen molar-refractivity contribution in [2.24, 2.45) is 23.5 Å². The lowest BCUT2D eigenvalue weighted by Gasteiger charge is -2.06. The summed E-state index contributed by atoms with van der Waals surface area (Å²) in [5, 5.41) is 20.5. The first-order chi connectivity index (χ1) is 9.93. The number of nitrogens with one attached hydrogen (secondary N) is 1. The third-order valence-corrected chi connectivity index (χ3v) is 3.67. The van der Waals surface area contributed by atoms with Gasteiger partial charge in [0.15, 0.2) is 0 Å². The fourth-order valence-corrected chi connectivity index (χ4v) is 2.50. The zero-order valence-corrected chi connectivity index (χ0v) is 11.1. The highest BCUT2D eigenvalue weighted by atomic mass is 16.4. The van der Waals surface area contributed by atoms with Crippen molar-refractivity contribution in [3.8, 4) is 0 Å². The molecule has 1 fully saturated rings. The second kappa shape index (κ2) is 5.92. The number of amides is 1. The normalized spacial score (nSPS) is 24.9. The van der Waals surface area contributed by atoms with Crippen LogP contribution < -0.4 is 11.1 Å². The maximum atomic E-state index is 12.0. The molecule has 1 aliphatic rings. The molecule has 0 aromatic heterocycles. The first kappa shape index (κ1) is 15.0. The molecule has 7 heteroatoms. The van der Waals surface area contributed by atoms with Crippen molar-refractivity contribution in [3.05, 3.63) is 35.9 Å². The van der Waals surface area contributed by atoms with Crippen LogP contribution in [0, 0.1) is 17.8 Å². The van der Waals surface area contributed by atoms with E-state index in [2.05, 4.69) is 5.32 Å². The SMILES string of the molecule is NC(C(=O)O)C1C(C(=O)O)C1C(=O)NCc1ccccc1. The van der Waals surface area contributed by atoms with Crippen molar-refractivity contribution in [3.63, 3.8) is 0 Å². The van der Waals surface area contributed by atoms with Crippen LogP contribution in [-0.2, 0) is 20.9 Å². The van der Waals surface area contributed by atoms with Gasteiger partial charge in [-0.3, -0.25) is 14.4 Å². The van der Waals surface area contributed by atoms with Crippen molar-refractivity contribution in [2.75, 3.05) is 0 Å². The van der Waals surface area contributed by atoms with E-state index in [4.69, 9.17) is 15.9 Å². The Morgan fingerprint density at radius 2 is 1.76 bits per heavy atom. The first-order valence-electron chi connectivity index (χ1n) is 6.46. The molecule has 1 aromatic carbocycles. The van der Waals surface area contributed by atoms with Crippen molar-refractivity contribution in [1.29, 1.82) is 0 Å². The highest BCUT2D eigenvalue weighted by molar-refractivity contribution is 5.92. The molecule has 0 spiro atoms. The third-order valence-electron chi connectivity index (χ3n) is 3.67. The van der Waals surface area contributed by atoms with Gasteiger partial charge in [-0.1, -0.05) is 30.3 Å². The third kappa shape index (κ3) is 3.19. The van der Waals surface area contributed by atoms with Gasteiger partial charge in [-0.2, -0.15) is 0 Å². The molecule has 2 rings (SSSR count). The number of nitrogens with two attached hydrogens (primary N) is 1. The van der Waals surface area contributed by atoms with Gasteiger partial charge in [-0.25, -0.2) is 0 Å². The van der Waals surface area contributed by atoms with Crippen molar-refractivity contribution in [1.82, 2.24) is 5.32 Å². The van der Waals surface area contributed by atoms with E-state index in [9.17, 15) is 14.4 Å². The summed E-state index contributed by atoms with van der Waals surface area (Å²) in [7, 11) is 0. The molecular formula is C14H16N2O5. The molecule has 0 saturated heterocycles. The van der Waals surface area contributed by atoms with E-state index in [-0.39, 0.29) is 6.54 Å². The lowest BCUT2D eigenvalue weighted by Crippen LogP contribution is -2.35. The number of carbonyl (C=O) groups excluding carboxylic acids is 1. The quantitative estimate of drug-likeness (QED) is 0.567. The lowest BCUT2D eigenvalue weighted by atomic mass is 10.1. The molecule has 1 aliphatic carbocycles. The number of carbonyl (C=O) groups is 3. The molecule has 21 heavy (non-hydrogen) atoms. The minimum atomic E-state index is -1.35. The minimum Gasteiger partial charge on any atom is -0.481 e. The predicted octanol–water partition coefficient (Wildman–Crippen LogP) is -0.338. The fourth-order valence-electron chi connectivity index (χ4n) is 2.50. The summed E-state index contributed by atoms with van der Waals surface area (Å²) in [6.07, 6.45) is 0. The predicted molar refractivity (Wildman–Crippen MR) is 72.0 cm³/mol. The van der Waals surface area contributed by atoms with Crippen LogP contribution >= 0.6 is 0 Å². The largest absolute Gasteiger partial charge is 0.481 e. The van der Waals surface area contributed by atoms with E-state index in [1.165, 1.54) is 0 Å². The van der Waals surface area contributed by atoms with E-state index in [0.29, 0.717) is 0 Å². The number of hydrogen-bond donors (Lipinski definition) is 4. The molecule has 0 radical (unpaired) electrons. The molecule has 112 valence electrons. The number of benzene rings is 1. The highest BCUT2D eigenvalue weighted by Gasteiger charge is 2.63. The Balaban J connectivity index is 1.98. The Kier molecular flexibility index (Phi) is 4.23. The first-order valence-corrected chi connectivity index (χ1v) is 6.46. The van der Waals surface area contributed by atoms with E-state index < -0.39 is 41.6 Å². The zero-order valence-electron chi connectivity index (χ0n) is 11.1. The van der Waals surface area contributed by atoms with Gasteiger partial charge in [-0.15, -0.1) is 0 Å². The summed E-state index contributed by atoms with van der Waals surface area (Å²) in [5.74, 6) is -5.77. The number of carboxylic acid groups (broad SMARTS) is 2. The van der Waals surface area contributed by atoms with Crippen LogP contribution in [0.15, 0.2) is 30.3 Å². The summed E-state index contributed by atoms with van der Waals surface area (Å²) < 4.78 is 0. The Bertz CT molecular complexity index is 560. The molecule has 1 amide bonds. The molecule has 0 bridgehead atoms. The molecule has 1 aromatic rings. The van der Waals surface area contributed by atoms with Crippen LogP contribution in [-0.4, -0.2) is 34.1 Å². The highest BCUT2D eigenvalue weighted by Crippen LogP contribution is 2.48. The summed E-state index contributed by atoms with van der Waals surface area (Å²) in [6, 6.07) is 7.78. The Labute approximate surface area is 120 Å². The molecule has 0 aliphatic heterocycles. The van der Waals surface area contributed by atoms with Crippen molar-refractivity contribution >= 4 is 17.8 Å². The number of rotatable bonds is 6. The summed E-state index contributed by atoms with van der Waals surface area (Å²) >= 11 is 0. The van der Waals surface area contributed by atoms with Gasteiger partial charge in [-0.05, 0) is 5.56 Å². The molecular weight excluding hydrogens is 276 g/mol. The number of hydrogen-bond acceptors (Lipinski definition) is 4. The molecule has 4 unspecified atom stereocenters. The van der Waals surface area contributed by atoms with Crippen LogP contribution in [0.5, 0.6) is 0 Å². The summed E-state index contributed by atoms with van der Waals surface area (Å²) in [5.41, 5.74) is 6.32. The van der Waals surface area contributed by atoms with Gasteiger partial charge in [0.25, 0.3) is 0 Å². The van der Waals surface area contributed by atoms with Crippen LogP contribution in [0.2, 0.25) is 0 Å².